The molecule has 6 nitrogen and oxygen atoms in total. The zero-order valence-electron chi connectivity index (χ0n) is 17.2. The summed E-state index contributed by atoms with van der Waals surface area (Å²) in [4.78, 5) is 0. The van der Waals surface area contributed by atoms with Gasteiger partial charge in [0.2, 0.25) is 0 Å². The Hall–Kier alpha value is 0.247. The number of hydrogen-bond acceptors (Lipinski definition) is 6. The first-order valence-electron chi connectivity index (χ1n) is 9.12. The van der Waals surface area contributed by atoms with E-state index in [0.717, 1.165) is 0 Å². The predicted molar refractivity (Wildman–Crippen MR) is 102 cm³/mol. The van der Waals surface area contributed by atoms with Gasteiger partial charge in [-0.25, -0.2) is 0 Å². The van der Waals surface area contributed by atoms with Crippen LogP contribution < -0.4 is 0 Å². The van der Waals surface area contributed by atoms with E-state index in [1.807, 2.05) is 27.7 Å². The van der Waals surface area contributed by atoms with Crippen molar-refractivity contribution in [3.05, 3.63) is 0 Å². The Kier molecular flexibility index (Phi) is 7.92. The molecule has 25 heavy (non-hydrogen) atoms. The Balaban J connectivity index is 3.15. The van der Waals surface area contributed by atoms with Crippen LogP contribution in [0.2, 0.25) is 18.1 Å². The Bertz CT molecular complexity index is 460. The van der Waals surface area contributed by atoms with Crippen LogP contribution in [0.1, 0.15) is 54.9 Å². The molecule has 0 bridgehead atoms. The van der Waals surface area contributed by atoms with Gasteiger partial charge in [-0.3, -0.25) is 4.57 Å². The smallest absolute Gasteiger partial charge is 0.362 e. The molecule has 1 saturated heterocycles. The molecule has 1 aliphatic rings. The summed E-state index contributed by atoms with van der Waals surface area (Å²) >= 11 is 0. The van der Waals surface area contributed by atoms with Crippen molar-refractivity contribution < 1.29 is 27.9 Å². The molecule has 0 aromatic heterocycles. The van der Waals surface area contributed by atoms with Gasteiger partial charge in [-0.05, 0) is 45.8 Å². The number of aliphatic hydroxyl groups excluding tert-OH is 1. The lowest BCUT2D eigenvalue weighted by Gasteiger charge is -2.40. The molecule has 0 amide bonds. The van der Waals surface area contributed by atoms with E-state index in [0.29, 0.717) is 6.42 Å². The Morgan fingerprint density at radius 1 is 1.16 bits per heavy atom. The summed E-state index contributed by atoms with van der Waals surface area (Å²) in [6.45, 7) is 17.9. The maximum absolute atomic E-state index is 13.5. The lowest BCUT2D eigenvalue weighted by Crippen LogP contribution is -2.46. The van der Waals surface area contributed by atoms with Gasteiger partial charge in [0, 0.05) is 6.42 Å². The summed E-state index contributed by atoms with van der Waals surface area (Å²) in [5.74, 6) is -0.816. The quantitative estimate of drug-likeness (QED) is 0.480. The van der Waals surface area contributed by atoms with Crippen LogP contribution in [-0.2, 0) is 22.8 Å². The summed E-state index contributed by atoms with van der Waals surface area (Å²) in [6, 6.07) is 0. The molecule has 0 aromatic carbocycles. The molecule has 0 radical (unpaired) electrons. The van der Waals surface area contributed by atoms with Gasteiger partial charge in [0.25, 0.3) is 0 Å². The third-order valence-corrected chi connectivity index (χ3v) is 11.6. The van der Waals surface area contributed by atoms with E-state index < -0.39 is 34.0 Å². The molecule has 0 saturated carbocycles. The number of rotatable bonds is 8. The second-order valence-electron chi connectivity index (χ2n) is 8.83. The van der Waals surface area contributed by atoms with E-state index in [9.17, 15) is 9.67 Å². The second-order valence-corrected chi connectivity index (χ2v) is 15.6. The van der Waals surface area contributed by atoms with Crippen LogP contribution >= 0.6 is 7.60 Å². The number of ether oxygens (including phenoxy) is 1. The zero-order valence-corrected chi connectivity index (χ0v) is 19.1. The van der Waals surface area contributed by atoms with Crippen molar-refractivity contribution >= 4 is 15.9 Å². The molecule has 1 aliphatic heterocycles. The van der Waals surface area contributed by atoms with E-state index in [1.165, 1.54) is 0 Å². The van der Waals surface area contributed by atoms with Crippen LogP contribution in [0.5, 0.6) is 0 Å². The summed E-state index contributed by atoms with van der Waals surface area (Å²) < 4.78 is 37.3. The van der Waals surface area contributed by atoms with Gasteiger partial charge in [-0.15, -0.1) is 0 Å². The van der Waals surface area contributed by atoms with Gasteiger partial charge in [0.15, 0.2) is 14.2 Å². The molecule has 0 aliphatic carbocycles. The largest absolute Gasteiger partial charge is 0.410 e. The number of hydrogen-bond donors (Lipinski definition) is 1. The SMILES string of the molecule is CC(C)OP(=O)(OC(C)C)C1OC(CO)CC1O[Si](C)(C)C(C)(C)C. The maximum atomic E-state index is 13.5. The average molecular weight is 397 g/mol. The third kappa shape index (κ3) is 6.13. The summed E-state index contributed by atoms with van der Waals surface area (Å²) in [5.41, 5.74) is 0. The van der Waals surface area contributed by atoms with Crippen molar-refractivity contribution in [2.24, 2.45) is 0 Å². The molecular weight excluding hydrogens is 359 g/mol. The van der Waals surface area contributed by atoms with Gasteiger partial charge < -0.3 is 23.3 Å². The van der Waals surface area contributed by atoms with Crippen LogP contribution in [0.4, 0.5) is 0 Å². The molecule has 0 spiro atoms. The second kappa shape index (κ2) is 8.51. The van der Waals surface area contributed by atoms with Crippen LogP contribution in [0, 0.1) is 0 Å². The fourth-order valence-corrected chi connectivity index (χ4v) is 6.33. The van der Waals surface area contributed by atoms with Crippen molar-refractivity contribution in [3.8, 4) is 0 Å². The first-order chi connectivity index (χ1) is 11.2. The summed E-state index contributed by atoms with van der Waals surface area (Å²) in [7, 11) is -5.67. The molecule has 3 atom stereocenters. The van der Waals surface area contributed by atoms with E-state index in [-0.39, 0.29) is 23.9 Å². The topological polar surface area (TPSA) is 74.2 Å². The highest BCUT2D eigenvalue weighted by molar-refractivity contribution is 7.54. The summed E-state index contributed by atoms with van der Waals surface area (Å²) in [5, 5.41) is 9.56. The van der Waals surface area contributed by atoms with E-state index in [2.05, 4.69) is 33.9 Å². The molecule has 1 fully saturated rings. The first-order valence-corrected chi connectivity index (χ1v) is 13.6. The zero-order chi connectivity index (χ0) is 19.6. The Morgan fingerprint density at radius 3 is 2.00 bits per heavy atom. The van der Waals surface area contributed by atoms with E-state index in [1.54, 1.807) is 0 Å². The average Bonchev–Trinajstić information content (AvgIpc) is 2.78. The van der Waals surface area contributed by atoms with Crippen molar-refractivity contribution in [2.45, 2.75) is 103 Å². The number of aliphatic hydroxyl groups is 1. The monoisotopic (exact) mass is 396 g/mol. The summed E-state index contributed by atoms with van der Waals surface area (Å²) in [6.07, 6.45) is -0.883. The van der Waals surface area contributed by atoms with Gasteiger partial charge in [-0.1, -0.05) is 20.8 Å². The van der Waals surface area contributed by atoms with Crippen molar-refractivity contribution in [3.63, 3.8) is 0 Å². The molecule has 8 heteroatoms. The Morgan fingerprint density at radius 2 is 1.64 bits per heavy atom. The molecule has 1 N–H and O–H groups in total. The molecule has 0 aromatic rings. The third-order valence-electron chi connectivity index (χ3n) is 4.63. The molecule has 1 rings (SSSR count). The van der Waals surface area contributed by atoms with E-state index >= 15 is 0 Å². The van der Waals surface area contributed by atoms with Gasteiger partial charge in [-0.2, -0.15) is 0 Å². The fourth-order valence-electron chi connectivity index (χ4n) is 2.51. The highest BCUT2D eigenvalue weighted by atomic mass is 31.2. The predicted octanol–water partition coefficient (Wildman–Crippen LogP) is 4.53. The molecule has 1 heterocycles. The minimum Gasteiger partial charge on any atom is -0.410 e. The first kappa shape index (κ1) is 23.3. The minimum absolute atomic E-state index is 0.0106. The lowest BCUT2D eigenvalue weighted by atomic mass is 10.2. The van der Waals surface area contributed by atoms with E-state index in [4.69, 9.17) is 18.2 Å². The van der Waals surface area contributed by atoms with Crippen LogP contribution in [0.25, 0.3) is 0 Å². The fraction of sp³-hybridized carbons (Fsp3) is 1.00. The molecular formula is C17H37O6PSi. The van der Waals surface area contributed by atoms with Gasteiger partial charge >= 0.3 is 7.60 Å². The maximum Gasteiger partial charge on any atom is 0.362 e. The van der Waals surface area contributed by atoms with Crippen molar-refractivity contribution in [2.75, 3.05) is 6.61 Å². The Labute approximate surface area is 154 Å². The van der Waals surface area contributed by atoms with Gasteiger partial charge in [0.05, 0.1) is 31.0 Å². The van der Waals surface area contributed by atoms with Crippen molar-refractivity contribution in [1.82, 2.24) is 0 Å². The van der Waals surface area contributed by atoms with Crippen LogP contribution in [0.3, 0.4) is 0 Å². The molecule has 3 unspecified atom stereocenters. The standard InChI is InChI=1S/C17H37O6PSi/c1-12(2)21-24(19,22-13(3)4)16-15(10-14(11-18)20-16)23-25(8,9)17(5,6)7/h12-16,18H,10-11H2,1-9H3. The van der Waals surface area contributed by atoms with Gasteiger partial charge in [0.1, 0.15) is 0 Å². The highest BCUT2D eigenvalue weighted by Gasteiger charge is 2.53. The highest BCUT2D eigenvalue weighted by Crippen LogP contribution is 2.60. The van der Waals surface area contributed by atoms with Crippen molar-refractivity contribution in [1.29, 1.82) is 0 Å². The lowest BCUT2D eigenvalue weighted by molar-refractivity contribution is 0.00549. The van der Waals surface area contributed by atoms with Crippen LogP contribution in [0.15, 0.2) is 0 Å². The minimum atomic E-state index is -3.56. The van der Waals surface area contributed by atoms with Crippen LogP contribution in [-0.4, -0.2) is 50.3 Å². The molecule has 150 valence electrons. The normalized spacial score (nSPS) is 26.0.